The van der Waals surface area contributed by atoms with Gasteiger partial charge in [0.05, 0.1) is 17.5 Å². The summed E-state index contributed by atoms with van der Waals surface area (Å²) in [5.41, 5.74) is -2.27. The summed E-state index contributed by atoms with van der Waals surface area (Å²) in [5.74, 6) is -2.15. The van der Waals surface area contributed by atoms with Gasteiger partial charge in [-0.1, -0.05) is 70.0 Å². The molecule has 39 heavy (non-hydrogen) atoms. The lowest BCUT2D eigenvalue weighted by atomic mass is 9.71. The number of nitrogens with zero attached hydrogens (tertiary/aromatic N) is 1. The maximum absolute atomic E-state index is 13.9. The number of aliphatic hydroxyl groups is 2. The summed E-state index contributed by atoms with van der Waals surface area (Å²) in [4.78, 5) is 18.3. The molecule has 1 aliphatic heterocycles. The number of halogens is 2. The molecule has 3 aromatic rings. The molecule has 1 saturated carbocycles. The number of carbonyl (C=O) groups excluding carboxylic acids is 1. The van der Waals surface area contributed by atoms with E-state index >= 15 is 0 Å². The predicted octanol–water partition coefficient (Wildman–Crippen LogP) is 4.26. The van der Waals surface area contributed by atoms with Crippen LogP contribution in [0.15, 0.2) is 71.3 Å². The number of hydrogen-bond donors (Lipinski definition) is 3. The van der Waals surface area contributed by atoms with Gasteiger partial charge in [0.15, 0.2) is 17.5 Å². The largest absolute Gasteiger partial charge is 0.476 e. The molecule has 2 heterocycles. The van der Waals surface area contributed by atoms with Crippen LogP contribution in [0.1, 0.15) is 36.6 Å². The van der Waals surface area contributed by atoms with Gasteiger partial charge in [0.25, 0.3) is 0 Å². The summed E-state index contributed by atoms with van der Waals surface area (Å²) in [7, 11) is 0. The topological polar surface area (TPSA) is 110 Å². The van der Waals surface area contributed by atoms with Crippen molar-refractivity contribution in [2.45, 2.75) is 43.4 Å². The van der Waals surface area contributed by atoms with Crippen molar-refractivity contribution in [1.82, 2.24) is 10.3 Å². The van der Waals surface area contributed by atoms with Crippen LogP contribution in [0.5, 0.6) is 5.75 Å². The summed E-state index contributed by atoms with van der Waals surface area (Å²) in [6.07, 6.45) is -0.841. The Balaban J connectivity index is 1.68. The molecular formula is C29H30BrClN2O6. The number of fused-ring (bicyclic) bond motifs is 3. The van der Waals surface area contributed by atoms with Crippen LogP contribution in [0.4, 0.5) is 0 Å². The Bertz CT molecular complexity index is 1320. The predicted molar refractivity (Wildman–Crippen MR) is 148 cm³/mol. The third-order valence-electron chi connectivity index (χ3n) is 7.47. The summed E-state index contributed by atoms with van der Waals surface area (Å²) in [6, 6.07) is 18.1. The highest BCUT2D eigenvalue weighted by Gasteiger charge is 2.78. The fraction of sp³-hybridized carbons (Fsp3) is 0.379. The van der Waals surface area contributed by atoms with Gasteiger partial charge >= 0.3 is 0 Å². The summed E-state index contributed by atoms with van der Waals surface area (Å²) in [6.45, 7) is 4.56. The second kappa shape index (κ2) is 11.2. The molecule has 1 unspecified atom stereocenters. The fourth-order valence-corrected chi connectivity index (χ4v) is 6.37. The van der Waals surface area contributed by atoms with E-state index < -0.39 is 41.3 Å². The van der Waals surface area contributed by atoms with Crippen LogP contribution in [-0.4, -0.2) is 53.3 Å². The highest BCUT2D eigenvalue weighted by atomic mass is 79.9. The van der Waals surface area contributed by atoms with E-state index in [0.29, 0.717) is 29.4 Å². The minimum Gasteiger partial charge on any atom is -0.476 e. The van der Waals surface area contributed by atoms with Gasteiger partial charge in [0.2, 0.25) is 5.91 Å². The van der Waals surface area contributed by atoms with Crippen LogP contribution in [-0.2, 0) is 25.5 Å². The molecule has 1 aliphatic carbocycles. The Morgan fingerprint density at radius 1 is 1.15 bits per heavy atom. The van der Waals surface area contributed by atoms with Crippen LogP contribution < -0.4 is 10.1 Å². The van der Waals surface area contributed by atoms with Gasteiger partial charge in [-0.05, 0) is 37.1 Å². The van der Waals surface area contributed by atoms with Crippen molar-refractivity contribution >= 4 is 33.4 Å². The molecule has 2 aromatic carbocycles. The molecule has 0 saturated heterocycles. The molecule has 5 atom stereocenters. The fourth-order valence-electron chi connectivity index (χ4n) is 5.96. The van der Waals surface area contributed by atoms with Gasteiger partial charge in [-0.15, -0.1) is 0 Å². The monoisotopic (exact) mass is 616 g/mol. The lowest BCUT2D eigenvalue weighted by Gasteiger charge is -2.40. The number of pyridine rings is 1. The zero-order valence-electron chi connectivity index (χ0n) is 21.5. The molecule has 206 valence electrons. The Labute approximate surface area is 240 Å². The van der Waals surface area contributed by atoms with Gasteiger partial charge in [-0.25, -0.2) is 0 Å². The Morgan fingerprint density at radius 2 is 1.82 bits per heavy atom. The van der Waals surface area contributed by atoms with Crippen LogP contribution in [0.2, 0.25) is 5.02 Å². The van der Waals surface area contributed by atoms with Crippen LogP contribution in [0.25, 0.3) is 0 Å². The normalized spacial score (nSPS) is 27.2. The number of aliphatic hydroxyl groups excluding tert-OH is 1. The third kappa shape index (κ3) is 4.55. The number of hydrogen-bond acceptors (Lipinski definition) is 7. The molecule has 5 rings (SSSR count). The Kier molecular flexibility index (Phi) is 8.01. The average molecular weight is 618 g/mol. The van der Waals surface area contributed by atoms with Crippen molar-refractivity contribution < 1.29 is 29.2 Å². The highest BCUT2D eigenvalue weighted by Crippen LogP contribution is 2.68. The zero-order chi connectivity index (χ0) is 27.8. The average Bonchev–Trinajstić information content (AvgIpc) is 3.30. The maximum atomic E-state index is 13.9. The first-order valence-corrected chi connectivity index (χ1v) is 14.0. The Hall–Kier alpha value is -2.53. The number of amides is 1. The molecule has 8 nitrogen and oxygen atoms in total. The Morgan fingerprint density at radius 3 is 2.46 bits per heavy atom. The molecule has 1 amide bonds. The van der Waals surface area contributed by atoms with Crippen LogP contribution >= 0.6 is 27.5 Å². The first kappa shape index (κ1) is 28.0. The number of ether oxygens (including phenoxy) is 3. The zero-order valence-corrected chi connectivity index (χ0v) is 23.9. The van der Waals surface area contributed by atoms with E-state index in [1.54, 1.807) is 6.07 Å². The minimum atomic E-state index is -2.08. The van der Waals surface area contributed by atoms with Crippen molar-refractivity contribution in [2.24, 2.45) is 5.92 Å². The van der Waals surface area contributed by atoms with Crippen molar-refractivity contribution in [1.29, 1.82) is 0 Å². The van der Waals surface area contributed by atoms with Crippen molar-refractivity contribution in [3.8, 4) is 5.75 Å². The molecule has 1 aromatic heterocycles. The van der Waals surface area contributed by atoms with E-state index in [-0.39, 0.29) is 18.0 Å². The number of carbonyl (C=O) groups is 1. The van der Waals surface area contributed by atoms with Gasteiger partial charge in [-0.2, -0.15) is 0 Å². The van der Waals surface area contributed by atoms with E-state index in [1.165, 1.54) is 6.20 Å². The van der Waals surface area contributed by atoms with Crippen LogP contribution in [0.3, 0.4) is 0 Å². The first-order chi connectivity index (χ1) is 18.8. The summed E-state index contributed by atoms with van der Waals surface area (Å²) >= 11 is 9.72. The molecule has 0 spiro atoms. The smallest absolute Gasteiger partial charge is 0.226 e. The number of rotatable bonds is 9. The molecular weight excluding hydrogens is 588 g/mol. The molecule has 0 radical (unpaired) electrons. The van der Waals surface area contributed by atoms with Gasteiger partial charge < -0.3 is 29.7 Å². The van der Waals surface area contributed by atoms with Crippen molar-refractivity contribution in [3.63, 3.8) is 0 Å². The van der Waals surface area contributed by atoms with Gasteiger partial charge in [0, 0.05) is 35.9 Å². The van der Waals surface area contributed by atoms with E-state index in [0.717, 1.165) is 4.47 Å². The molecule has 10 heteroatoms. The summed E-state index contributed by atoms with van der Waals surface area (Å²) in [5, 5.41) is 27.7. The molecule has 2 aliphatic rings. The number of benzene rings is 2. The number of nitrogens with one attached hydrogen (secondary N) is 1. The number of aromatic nitrogens is 1. The van der Waals surface area contributed by atoms with E-state index in [9.17, 15) is 15.0 Å². The highest BCUT2D eigenvalue weighted by molar-refractivity contribution is 9.10. The minimum absolute atomic E-state index is 0.0697. The maximum Gasteiger partial charge on any atom is 0.226 e. The summed E-state index contributed by atoms with van der Waals surface area (Å²) < 4.78 is 18.6. The van der Waals surface area contributed by atoms with Crippen molar-refractivity contribution in [2.75, 3.05) is 19.8 Å². The second-order valence-corrected chi connectivity index (χ2v) is 10.9. The molecule has 1 fully saturated rings. The SMILES string of the molecule is CCOC(CNC(=O)[C@H]1[C@@H](O)C2(O)c3ncc(Cl)cc3O[C@@]2(c2ccc(Br)cc2)[C@@H]1c1ccccc1)OCC. The van der Waals surface area contributed by atoms with E-state index in [4.69, 9.17) is 25.8 Å². The van der Waals surface area contributed by atoms with Crippen LogP contribution in [0, 0.1) is 5.92 Å². The third-order valence-corrected chi connectivity index (χ3v) is 8.20. The first-order valence-electron chi connectivity index (χ1n) is 12.8. The second-order valence-electron chi connectivity index (χ2n) is 9.56. The lowest BCUT2D eigenvalue weighted by Crippen LogP contribution is -2.52. The van der Waals surface area contributed by atoms with E-state index in [2.05, 4.69) is 26.2 Å². The lowest BCUT2D eigenvalue weighted by molar-refractivity contribution is -0.157. The molecule has 3 N–H and O–H groups in total. The van der Waals surface area contributed by atoms with Crippen molar-refractivity contribution in [3.05, 3.63) is 93.2 Å². The van der Waals surface area contributed by atoms with Gasteiger partial charge in [0.1, 0.15) is 17.5 Å². The van der Waals surface area contributed by atoms with Gasteiger partial charge in [-0.3, -0.25) is 9.78 Å². The van der Waals surface area contributed by atoms with E-state index in [1.807, 2.05) is 68.4 Å². The standard InChI is InChI=1S/C29H30BrClN2O6/c1-3-37-22(38-4-2)16-33-27(35)23-24(17-8-6-5-7-9-17)29(18-10-12-19(30)13-11-18)28(36,26(23)34)25-21(39-29)14-20(31)15-32-25/h5-15,22-24,26,34,36H,3-4,16H2,1-2H3,(H,33,35)/t23-,24-,26-,28?,29+/m1/s1. The quantitative estimate of drug-likeness (QED) is 0.308. The molecule has 0 bridgehead atoms.